The number of piperazine rings is 1. The highest BCUT2D eigenvalue weighted by Crippen LogP contribution is 2.32. The van der Waals surface area contributed by atoms with Crippen LogP contribution in [-0.2, 0) is 20.0 Å². The Balaban J connectivity index is 0.000000224. The Kier molecular flexibility index (Phi) is 10.1. The number of halogens is 1. The predicted molar refractivity (Wildman–Crippen MR) is 190 cm³/mol. The van der Waals surface area contributed by atoms with Gasteiger partial charge in [0, 0.05) is 44.0 Å². The number of rotatable bonds is 8. The molecule has 1 aliphatic rings. The van der Waals surface area contributed by atoms with Crippen LogP contribution in [0.3, 0.4) is 0 Å². The molecule has 1 fully saturated rings. The number of benzene rings is 3. The van der Waals surface area contributed by atoms with Crippen molar-refractivity contribution in [1.29, 1.82) is 0 Å². The fourth-order valence-corrected chi connectivity index (χ4v) is 6.34. The molecule has 5 aromatic rings. The van der Waals surface area contributed by atoms with Gasteiger partial charge in [0.05, 0.1) is 44.2 Å². The molecule has 0 saturated carbocycles. The highest BCUT2D eigenvalue weighted by atomic mass is 32.2. The monoisotopic (exact) mass is 778 g/mol. The topological polar surface area (TPSA) is 295 Å². The van der Waals surface area contributed by atoms with Crippen molar-refractivity contribution in [3.8, 4) is 0 Å². The average Bonchev–Trinajstić information content (AvgIpc) is 3.08. The molecule has 1 saturated heterocycles. The van der Waals surface area contributed by atoms with Crippen LogP contribution in [-0.4, -0.2) is 84.7 Å². The number of para-hydroxylation sites is 1. The molecule has 0 amide bonds. The number of hydrogen-bond donors (Lipinski definition) is 4. The van der Waals surface area contributed by atoms with Gasteiger partial charge in [-0.25, -0.2) is 36.1 Å². The first-order valence-corrected chi connectivity index (χ1v) is 18.6. The quantitative estimate of drug-likeness (QED) is 0.116. The number of fused-ring (bicyclic) bond motifs is 2. The van der Waals surface area contributed by atoms with Crippen LogP contribution in [0, 0.1) is 26.0 Å². The summed E-state index contributed by atoms with van der Waals surface area (Å²) in [6.07, 6.45) is 1.51. The molecule has 2 aromatic heterocycles. The van der Waals surface area contributed by atoms with E-state index >= 15 is 0 Å². The lowest BCUT2D eigenvalue weighted by Gasteiger charge is -2.37. The van der Waals surface area contributed by atoms with Gasteiger partial charge in [0.25, 0.3) is 16.8 Å². The van der Waals surface area contributed by atoms with Gasteiger partial charge in [0.1, 0.15) is 5.69 Å². The molecule has 1 aliphatic heterocycles. The minimum Gasteiger partial charge on any atom is -0.368 e. The summed E-state index contributed by atoms with van der Waals surface area (Å²) < 4.78 is 59.1. The molecular formula is C28H27FN10O12S2. The molecule has 0 spiro atoms. The number of nitrogens with one attached hydrogen (secondary N) is 4. The van der Waals surface area contributed by atoms with E-state index in [-0.39, 0.29) is 32.5 Å². The Labute approximate surface area is 295 Å². The molecule has 0 bridgehead atoms. The average molecular weight is 779 g/mol. The van der Waals surface area contributed by atoms with Crippen LogP contribution in [0.4, 0.5) is 27.1 Å². The third-order valence-electron chi connectivity index (χ3n) is 7.61. The maximum absolute atomic E-state index is 13.5. The van der Waals surface area contributed by atoms with Gasteiger partial charge in [-0.05, 0) is 24.3 Å². The van der Waals surface area contributed by atoms with Gasteiger partial charge in [-0.15, -0.1) is 0 Å². The lowest BCUT2D eigenvalue weighted by Crippen LogP contribution is -2.47. The van der Waals surface area contributed by atoms with Crippen LogP contribution < -0.4 is 42.0 Å². The SMILES string of the molecule is CS(=O)(=O)Nn1c(=O)[nH]c2cc([N+](=O)[O-])c(F)cc2c1=O.CS(=O)(=O)Nn1c(=O)[nH]c2cc([N+](=O)[O-])c(N3CCN(c4ccccc4)CC3)cc2c1=O. The molecule has 0 radical (unpaired) electrons. The van der Waals surface area contributed by atoms with E-state index in [0.29, 0.717) is 49.2 Å². The first kappa shape index (κ1) is 37.6. The molecule has 3 aromatic carbocycles. The normalized spacial score (nSPS) is 13.3. The van der Waals surface area contributed by atoms with Gasteiger partial charge < -0.3 is 19.8 Å². The largest absolute Gasteiger partial charge is 0.368 e. The lowest BCUT2D eigenvalue weighted by atomic mass is 10.1. The van der Waals surface area contributed by atoms with Crippen molar-refractivity contribution in [3.05, 3.63) is 122 Å². The minimum absolute atomic E-state index is 0.0492. The number of H-pyrrole nitrogens is 2. The first-order chi connectivity index (χ1) is 24.7. The first-order valence-electron chi connectivity index (χ1n) is 14.8. The number of sulfonamides is 2. The van der Waals surface area contributed by atoms with Gasteiger partial charge >= 0.3 is 17.1 Å². The zero-order chi connectivity index (χ0) is 39.0. The summed E-state index contributed by atoms with van der Waals surface area (Å²) in [4.78, 5) is 81.1. The van der Waals surface area contributed by atoms with E-state index < -0.39 is 69.3 Å². The van der Waals surface area contributed by atoms with Crippen LogP contribution in [0.2, 0.25) is 0 Å². The number of nitrogens with zero attached hydrogens (tertiary/aromatic N) is 6. The Morgan fingerprint density at radius 2 is 1.11 bits per heavy atom. The van der Waals surface area contributed by atoms with Crippen molar-refractivity contribution < 1.29 is 31.1 Å². The van der Waals surface area contributed by atoms with E-state index in [1.807, 2.05) is 35.2 Å². The van der Waals surface area contributed by atoms with Crippen molar-refractivity contribution in [2.45, 2.75) is 0 Å². The van der Waals surface area contributed by atoms with Crippen LogP contribution in [0.25, 0.3) is 21.8 Å². The van der Waals surface area contributed by atoms with Gasteiger partial charge in [-0.1, -0.05) is 18.2 Å². The lowest BCUT2D eigenvalue weighted by molar-refractivity contribution is -0.387. The molecule has 6 rings (SSSR count). The standard InChI is InChI=1S/C19H20N6O6S.C9H7FN4O6S/c1-32(30,31)21-24-18(26)14-11-16(17(25(28)29)12-15(14)20-19(24)27)23-9-7-22(8-10-23)13-5-3-2-4-6-13;1-21(19,20)12-13-8(15)4-2-5(10)7(14(17)18)3-6(4)11-9(13)16/h2-6,11-12,21H,7-10H2,1H3,(H,20,27);2-3,12H,1H3,(H,11,16). The third kappa shape index (κ3) is 8.30. The number of nitro groups is 2. The third-order valence-corrected chi connectivity index (χ3v) is 8.64. The Bertz CT molecular complexity index is 2760. The van der Waals surface area contributed by atoms with Crippen molar-refractivity contribution in [2.75, 3.05) is 58.2 Å². The Hall–Kier alpha value is -6.63. The van der Waals surface area contributed by atoms with Gasteiger partial charge in [-0.2, -0.15) is 13.7 Å². The van der Waals surface area contributed by atoms with Crippen molar-refractivity contribution in [1.82, 2.24) is 19.3 Å². The van der Waals surface area contributed by atoms with Gasteiger partial charge in [-0.3, -0.25) is 29.8 Å². The van der Waals surface area contributed by atoms with E-state index in [2.05, 4.69) is 14.9 Å². The van der Waals surface area contributed by atoms with E-state index in [9.17, 15) is 60.6 Å². The zero-order valence-electron chi connectivity index (χ0n) is 27.3. The van der Waals surface area contributed by atoms with E-state index in [4.69, 9.17) is 0 Å². The van der Waals surface area contributed by atoms with Crippen LogP contribution in [0.1, 0.15) is 0 Å². The van der Waals surface area contributed by atoms with Crippen LogP contribution in [0.5, 0.6) is 0 Å². The number of aromatic amines is 2. The number of nitro benzene ring substituents is 2. The molecule has 280 valence electrons. The van der Waals surface area contributed by atoms with E-state index in [0.717, 1.165) is 18.0 Å². The molecule has 25 heteroatoms. The van der Waals surface area contributed by atoms with E-state index in [1.165, 1.54) is 6.07 Å². The molecule has 22 nitrogen and oxygen atoms in total. The molecule has 3 heterocycles. The minimum atomic E-state index is -3.93. The molecule has 4 N–H and O–H groups in total. The molecule has 0 atom stereocenters. The molecular weight excluding hydrogens is 751 g/mol. The van der Waals surface area contributed by atoms with Gasteiger partial charge in [0.15, 0.2) is 0 Å². The summed E-state index contributed by atoms with van der Waals surface area (Å²) in [5.41, 5.74) is -4.54. The summed E-state index contributed by atoms with van der Waals surface area (Å²) in [5.74, 6) is -1.29. The fourth-order valence-electron chi connectivity index (χ4n) is 5.35. The zero-order valence-corrected chi connectivity index (χ0v) is 28.9. The highest BCUT2D eigenvalue weighted by molar-refractivity contribution is 7.91. The number of anilines is 2. The molecule has 53 heavy (non-hydrogen) atoms. The Morgan fingerprint density at radius 3 is 1.57 bits per heavy atom. The summed E-state index contributed by atoms with van der Waals surface area (Å²) in [6, 6.07) is 13.5. The summed E-state index contributed by atoms with van der Waals surface area (Å²) in [5, 5.41) is 21.8. The predicted octanol–water partition coefficient (Wildman–Crippen LogP) is -0.332. The van der Waals surface area contributed by atoms with Crippen molar-refractivity contribution in [3.63, 3.8) is 0 Å². The smallest absolute Gasteiger partial charge is 0.348 e. The molecule has 0 aliphatic carbocycles. The fraction of sp³-hybridized carbons (Fsp3) is 0.214. The Morgan fingerprint density at radius 1 is 0.679 bits per heavy atom. The number of hydrogen-bond acceptors (Lipinski definition) is 14. The van der Waals surface area contributed by atoms with E-state index in [1.54, 1.807) is 9.73 Å². The van der Waals surface area contributed by atoms with Crippen LogP contribution in [0.15, 0.2) is 73.8 Å². The second-order valence-electron chi connectivity index (χ2n) is 11.4. The summed E-state index contributed by atoms with van der Waals surface area (Å²) in [7, 11) is -7.84. The second-order valence-corrected chi connectivity index (χ2v) is 14.9. The second kappa shape index (κ2) is 14.2. The van der Waals surface area contributed by atoms with Gasteiger partial charge in [0.2, 0.25) is 25.9 Å². The summed E-state index contributed by atoms with van der Waals surface area (Å²) >= 11 is 0. The molecule has 0 unspecified atom stereocenters. The maximum Gasteiger partial charge on any atom is 0.348 e. The highest BCUT2D eigenvalue weighted by Gasteiger charge is 2.26. The number of aromatic nitrogens is 4. The van der Waals surface area contributed by atoms with Crippen LogP contribution >= 0.6 is 0 Å². The maximum atomic E-state index is 13.5. The van der Waals surface area contributed by atoms with Crippen molar-refractivity contribution >= 4 is 64.6 Å². The summed E-state index contributed by atoms with van der Waals surface area (Å²) in [6.45, 7) is 2.18. The van der Waals surface area contributed by atoms with Crippen molar-refractivity contribution in [2.24, 2.45) is 0 Å².